The van der Waals surface area contributed by atoms with Crippen molar-refractivity contribution in [2.75, 3.05) is 0 Å². The largest absolute Gasteiger partial charge is 0.456 e. The molecule has 88 valence electrons. The standard InChI is InChI=1S/C15H11NO2/c16-15(17)11-7-4-8-13-12(11)9-14(18-13)10-5-2-1-3-6-10/h1-9H,(H2,16,17). The number of nitrogens with two attached hydrogens (primary N) is 1. The highest BCUT2D eigenvalue weighted by molar-refractivity contribution is 6.06. The lowest BCUT2D eigenvalue weighted by molar-refractivity contribution is 0.100. The normalized spacial score (nSPS) is 10.7. The minimum absolute atomic E-state index is 0.444. The summed E-state index contributed by atoms with van der Waals surface area (Å²) in [6.07, 6.45) is 0. The quantitative estimate of drug-likeness (QED) is 0.744. The van der Waals surface area contributed by atoms with Crippen molar-refractivity contribution in [1.82, 2.24) is 0 Å². The fourth-order valence-electron chi connectivity index (χ4n) is 2.02. The minimum atomic E-state index is -0.444. The van der Waals surface area contributed by atoms with E-state index in [2.05, 4.69) is 0 Å². The van der Waals surface area contributed by atoms with Crippen LogP contribution in [0.2, 0.25) is 0 Å². The highest BCUT2D eigenvalue weighted by atomic mass is 16.3. The van der Waals surface area contributed by atoms with Gasteiger partial charge in [0.1, 0.15) is 11.3 Å². The molecule has 2 N–H and O–H groups in total. The summed E-state index contributed by atoms with van der Waals surface area (Å²) in [6, 6.07) is 16.9. The summed E-state index contributed by atoms with van der Waals surface area (Å²) in [5.41, 5.74) is 7.48. The molecule has 0 bridgehead atoms. The van der Waals surface area contributed by atoms with Crippen LogP contribution in [0.4, 0.5) is 0 Å². The number of fused-ring (bicyclic) bond motifs is 1. The maximum atomic E-state index is 11.3. The molecule has 0 unspecified atom stereocenters. The van der Waals surface area contributed by atoms with Gasteiger partial charge in [0.15, 0.2) is 0 Å². The third kappa shape index (κ3) is 1.66. The van der Waals surface area contributed by atoms with Crippen molar-refractivity contribution in [3.05, 3.63) is 60.2 Å². The van der Waals surface area contributed by atoms with E-state index < -0.39 is 5.91 Å². The summed E-state index contributed by atoms with van der Waals surface area (Å²) >= 11 is 0. The molecule has 3 rings (SSSR count). The van der Waals surface area contributed by atoms with Gasteiger partial charge in [-0.2, -0.15) is 0 Å². The Morgan fingerprint density at radius 1 is 1.00 bits per heavy atom. The van der Waals surface area contributed by atoms with Gasteiger partial charge in [0.05, 0.1) is 5.56 Å². The van der Waals surface area contributed by atoms with Crippen LogP contribution in [0.1, 0.15) is 10.4 Å². The fraction of sp³-hybridized carbons (Fsp3) is 0. The SMILES string of the molecule is NC(=O)c1cccc2oc(-c3ccccc3)cc12. The molecule has 3 nitrogen and oxygen atoms in total. The molecule has 0 aliphatic rings. The molecule has 3 aromatic rings. The van der Waals surface area contributed by atoms with Gasteiger partial charge in [-0.1, -0.05) is 36.4 Å². The topological polar surface area (TPSA) is 56.2 Å². The van der Waals surface area contributed by atoms with Crippen molar-refractivity contribution in [2.45, 2.75) is 0 Å². The Labute approximate surface area is 104 Å². The van der Waals surface area contributed by atoms with E-state index in [1.165, 1.54) is 0 Å². The van der Waals surface area contributed by atoms with E-state index in [1.54, 1.807) is 12.1 Å². The maximum Gasteiger partial charge on any atom is 0.249 e. The third-order valence-corrected chi connectivity index (χ3v) is 2.89. The molecule has 1 amide bonds. The van der Waals surface area contributed by atoms with E-state index in [0.29, 0.717) is 11.1 Å². The fourth-order valence-corrected chi connectivity index (χ4v) is 2.02. The number of furan rings is 1. The van der Waals surface area contributed by atoms with Gasteiger partial charge in [0.2, 0.25) is 5.91 Å². The van der Waals surface area contributed by atoms with E-state index in [0.717, 1.165) is 16.7 Å². The molecule has 18 heavy (non-hydrogen) atoms. The van der Waals surface area contributed by atoms with Gasteiger partial charge >= 0.3 is 0 Å². The zero-order valence-electron chi connectivity index (χ0n) is 9.59. The predicted octanol–water partition coefficient (Wildman–Crippen LogP) is 3.20. The van der Waals surface area contributed by atoms with Crippen molar-refractivity contribution in [2.24, 2.45) is 5.73 Å². The lowest BCUT2D eigenvalue weighted by Crippen LogP contribution is -2.10. The summed E-state index contributed by atoms with van der Waals surface area (Å²) < 4.78 is 5.74. The molecule has 0 atom stereocenters. The Morgan fingerprint density at radius 2 is 1.78 bits per heavy atom. The second-order valence-corrected chi connectivity index (χ2v) is 4.06. The number of primary amides is 1. The first kappa shape index (κ1) is 10.6. The lowest BCUT2D eigenvalue weighted by atomic mass is 10.1. The van der Waals surface area contributed by atoms with Crippen molar-refractivity contribution in [3.63, 3.8) is 0 Å². The molecule has 1 heterocycles. The Morgan fingerprint density at radius 3 is 2.50 bits per heavy atom. The maximum absolute atomic E-state index is 11.3. The summed E-state index contributed by atoms with van der Waals surface area (Å²) in [7, 11) is 0. The summed E-state index contributed by atoms with van der Waals surface area (Å²) in [6.45, 7) is 0. The molecule has 0 aliphatic carbocycles. The molecule has 0 fully saturated rings. The molecule has 0 saturated heterocycles. The third-order valence-electron chi connectivity index (χ3n) is 2.89. The summed E-state index contributed by atoms with van der Waals surface area (Å²) in [5, 5.41) is 0.754. The molecule has 0 spiro atoms. The molecular formula is C15H11NO2. The zero-order chi connectivity index (χ0) is 12.5. The molecule has 0 radical (unpaired) electrons. The van der Waals surface area contributed by atoms with Gasteiger partial charge in [-0.25, -0.2) is 0 Å². The number of hydrogen-bond donors (Lipinski definition) is 1. The average molecular weight is 237 g/mol. The molecule has 0 aliphatic heterocycles. The van der Waals surface area contributed by atoms with Crippen LogP contribution < -0.4 is 5.73 Å². The van der Waals surface area contributed by atoms with Crippen LogP contribution in [0.3, 0.4) is 0 Å². The smallest absolute Gasteiger partial charge is 0.249 e. The van der Waals surface area contributed by atoms with Gasteiger partial charge in [-0.15, -0.1) is 0 Å². The Kier molecular flexibility index (Phi) is 2.38. The van der Waals surface area contributed by atoms with Crippen LogP contribution in [-0.2, 0) is 0 Å². The molecule has 0 saturated carbocycles. The van der Waals surface area contributed by atoms with E-state index in [1.807, 2.05) is 42.5 Å². The first-order chi connectivity index (χ1) is 8.75. The second kappa shape index (κ2) is 4.04. The Hall–Kier alpha value is -2.55. The highest BCUT2D eigenvalue weighted by Gasteiger charge is 2.11. The van der Waals surface area contributed by atoms with Crippen molar-refractivity contribution >= 4 is 16.9 Å². The average Bonchev–Trinajstić information content (AvgIpc) is 2.83. The molecular weight excluding hydrogens is 226 g/mol. The van der Waals surface area contributed by atoms with Gasteiger partial charge in [0, 0.05) is 10.9 Å². The number of hydrogen-bond acceptors (Lipinski definition) is 2. The van der Waals surface area contributed by atoms with Gasteiger partial charge in [0.25, 0.3) is 0 Å². The van der Waals surface area contributed by atoms with Crippen molar-refractivity contribution in [3.8, 4) is 11.3 Å². The monoisotopic (exact) mass is 237 g/mol. The van der Waals surface area contributed by atoms with Crippen molar-refractivity contribution < 1.29 is 9.21 Å². The number of amides is 1. The van der Waals surface area contributed by atoms with E-state index in [-0.39, 0.29) is 0 Å². The molecule has 2 aromatic carbocycles. The van der Waals surface area contributed by atoms with Gasteiger partial charge in [-0.05, 0) is 18.2 Å². The van der Waals surface area contributed by atoms with Gasteiger partial charge in [-0.3, -0.25) is 4.79 Å². The second-order valence-electron chi connectivity index (χ2n) is 4.06. The predicted molar refractivity (Wildman–Crippen MR) is 70.2 cm³/mol. The van der Waals surface area contributed by atoms with Crippen LogP contribution in [0, 0.1) is 0 Å². The molecule has 1 aromatic heterocycles. The lowest BCUT2D eigenvalue weighted by Gasteiger charge is -1.94. The number of carbonyl (C=O) groups excluding carboxylic acids is 1. The number of benzene rings is 2. The van der Waals surface area contributed by atoms with Crippen LogP contribution in [-0.4, -0.2) is 5.91 Å². The van der Waals surface area contributed by atoms with Crippen LogP contribution in [0.25, 0.3) is 22.3 Å². The molecule has 3 heteroatoms. The van der Waals surface area contributed by atoms with E-state index in [9.17, 15) is 4.79 Å². The van der Waals surface area contributed by atoms with Crippen LogP contribution >= 0.6 is 0 Å². The van der Waals surface area contributed by atoms with Gasteiger partial charge < -0.3 is 10.2 Å². The first-order valence-electron chi connectivity index (χ1n) is 5.63. The van der Waals surface area contributed by atoms with Crippen molar-refractivity contribution in [1.29, 1.82) is 0 Å². The first-order valence-corrected chi connectivity index (χ1v) is 5.63. The zero-order valence-corrected chi connectivity index (χ0v) is 9.59. The number of carbonyl (C=O) groups is 1. The summed E-state index contributed by atoms with van der Waals surface area (Å²) in [5.74, 6) is 0.292. The summed E-state index contributed by atoms with van der Waals surface area (Å²) in [4.78, 5) is 11.3. The van der Waals surface area contributed by atoms with E-state index in [4.69, 9.17) is 10.2 Å². The van der Waals surface area contributed by atoms with Crippen LogP contribution in [0.5, 0.6) is 0 Å². The van der Waals surface area contributed by atoms with E-state index >= 15 is 0 Å². The minimum Gasteiger partial charge on any atom is -0.456 e. The Balaban J connectivity index is 2.23. The highest BCUT2D eigenvalue weighted by Crippen LogP contribution is 2.29. The van der Waals surface area contributed by atoms with Crippen LogP contribution in [0.15, 0.2) is 59.0 Å². The Bertz CT molecular complexity index is 714. The number of rotatable bonds is 2.